The largest absolute Gasteiger partial charge is 0.355 e. The van der Waals surface area contributed by atoms with Crippen LogP contribution in [-0.2, 0) is 0 Å². The first-order valence-electron chi connectivity index (χ1n) is 8.58. The van der Waals surface area contributed by atoms with Gasteiger partial charge in [-0.25, -0.2) is 0 Å². The highest BCUT2D eigenvalue weighted by Crippen LogP contribution is 2.39. The molecular formula is C24H18ClN. The Kier molecular flexibility index (Phi) is 4.72. The predicted octanol–water partition coefficient (Wildman–Crippen LogP) is 7.42. The molecule has 0 atom stereocenters. The Labute approximate surface area is 158 Å². The van der Waals surface area contributed by atoms with Crippen LogP contribution in [0.4, 0.5) is 11.4 Å². The van der Waals surface area contributed by atoms with Gasteiger partial charge in [-0.15, -0.1) is 0 Å². The third kappa shape index (κ3) is 3.49. The van der Waals surface area contributed by atoms with Gasteiger partial charge in [-0.1, -0.05) is 84.4 Å². The summed E-state index contributed by atoms with van der Waals surface area (Å²) < 4.78 is 0. The van der Waals surface area contributed by atoms with Crippen molar-refractivity contribution in [2.24, 2.45) is 0 Å². The molecule has 0 saturated carbocycles. The maximum Gasteiger partial charge on any atom is 0.0470 e. The molecule has 126 valence electrons. The molecule has 0 aliphatic heterocycles. The lowest BCUT2D eigenvalue weighted by Gasteiger charge is -2.17. The van der Waals surface area contributed by atoms with Gasteiger partial charge in [-0.05, 0) is 47.0 Å². The van der Waals surface area contributed by atoms with Crippen LogP contribution in [0.2, 0.25) is 5.02 Å². The Balaban J connectivity index is 1.87. The smallest absolute Gasteiger partial charge is 0.0470 e. The van der Waals surface area contributed by atoms with Crippen molar-refractivity contribution >= 4 is 23.0 Å². The second-order valence-corrected chi connectivity index (χ2v) is 6.53. The highest BCUT2D eigenvalue weighted by molar-refractivity contribution is 6.30. The molecule has 0 saturated heterocycles. The van der Waals surface area contributed by atoms with E-state index >= 15 is 0 Å². The normalized spacial score (nSPS) is 10.5. The molecule has 0 aliphatic carbocycles. The Morgan fingerprint density at radius 2 is 1.15 bits per heavy atom. The number of halogens is 1. The molecule has 0 aliphatic rings. The third-order valence-corrected chi connectivity index (χ3v) is 4.59. The summed E-state index contributed by atoms with van der Waals surface area (Å²) in [6, 6.07) is 35.1. The summed E-state index contributed by atoms with van der Waals surface area (Å²) in [4.78, 5) is 0. The molecule has 4 rings (SSSR count). The lowest BCUT2D eigenvalue weighted by Crippen LogP contribution is -1.95. The van der Waals surface area contributed by atoms with Crippen LogP contribution < -0.4 is 5.32 Å². The fourth-order valence-corrected chi connectivity index (χ4v) is 3.25. The Morgan fingerprint density at radius 3 is 1.81 bits per heavy atom. The summed E-state index contributed by atoms with van der Waals surface area (Å²) in [6.45, 7) is 0. The zero-order chi connectivity index (χ0) is 17.8. The van der Waals surface area contributed by atoms with E-state index in [1.54, 1.807) is 0 Å². The van der Waals surface area contributed by atoms with E-state index in [9.17, 15) is 0 Å². The Morgan fingerprint density at radius 1 is 0.538 bits per heavy atom. The second-order valence-electron chi connectivity index (χ2n) is 6.09. The number of nitrogens with one attached hydrogen (secondary N) is 1. The van der Waals surface area contributed by atoms with Gasteiger partial charge in [0, 0.05) is 22.0 Å². The molecule has 0 fully saturated rings. The van der Waals surface area contributed by atoms with Gasteiger partial charge in [-0.3, -0.25) is 0 Å². The molecule has 4 aromatic carbocycles. The molecule has 0 radical (unpaired) electrons. The first-order valence-corrected chi connectivity index (χ1v) is 8.95. The van der Waals surface area contributed by atoms with Crippen molar-refractivity contribution in [2.45, 2.75) is 0 Å². The van der Waals surface area contributed by atoms with Crippen molar-refractivity contribution < 1.29 is 0 Å². The van der Waals surface area contributed by atoms with Crippen molar-refractivity contribution in [3.05, 3.63) is 108 Å². The zero-order valence-corrected chi connectivity index (χ0v) is 14.9. The molecule has 0 amide bonds. The molecule has 1 N–H and O–H groups in total. The van der Waals surface area contributed by atoms with Crippen molar-refractivity contribution in [3.63, 3.8) is 0 Å². The molecule has 0 bridgehead atoms. The van der Waals surface area contributed by atoms with Gasteiger partial charge in [-0.2, -0.15) is 0 Å². The standard InChI is InChI=1S/C24H18ClN/c25-20-14-16-21(17-15-20)26-23-13-7-12-22(18-8-3-1-4-9-18)24(23)19-10-5-2-6-11-19/h1-17,26H. The van der Waals surface area contributed by atoms with Crippen molar-refractivity contribution in [2.75, 3.05) is 5.32 Å². The van der Waals surface area contributed by atoms with Crippen molar-refractivity contribution in [3.8, 4) is 22.3 Å². The average Bonchev–Trinajstić information content (AvgIpc) is 2.71. The van der Waals surface area contributed by atoms with E-state index in [-0.39, 0.29) is 0 Å². The fourth-order valence-electron chi connectivity index (χ4n) is 3.12. The Hall–Kier alpha value is -3.03. The van der Waals surface area contributed by atoms with Crippen LogP contribution in [0, 0.1) is 0 Å². The number of anilines is 2. The van der Waals surface area contributed by atoms with Gasteiger partial charge in [0.25, 0.3) is 0 Å². The van der Waals surface area contributed by atoms with Gasteiger partial charge in [0.2, 0.25) is 0 Å². The maximum atomic E-state index is 6.02. The van der Waals surface area contributed by atoms with Crippen LogP contribution in [0.3, 0.4) is 0 Å². The summed E-state index contributed by atoms with van der Waals surface area (Å²) in [5.41, 5.74) is 6.86. The Bertz CT molecular complexity index is 993. The number of benzene rings is 4. The monoisotopic (exact) mass is 355 g/mol. The number of rotatable bonds is 4. The third-order valence-electron chi connectivity index (χ3n) is 4.33. The quantitative estimate of drug-likeness (QED) is 0.401. The first-order chi connectivity index (χ1) is 12.8. The molecular weight excluding hydrogens is 338 g/mol. The minimum absolute atomic E-state index is 0.733. The van der Waals surface area contributed by atoms with Crippen LogP contribution in [-0.4, -0.2) is 0 Å². The van der Waals surface area contributed by atoms with Crippen LogP contribution in [0.25, 0.3) is 22.3 Å². The summed E-state index contributed by atoms with van der Waals surface area (Å²) in [5.74, 6) is 0. The molecule has 0 unspecified atom stereocenters. The van der Waals surface area contributed by atoms with E-state index in [0.29, 0.717) is 0 Å². The van der Waals surface area contributed by atoms with Gasteiger partial charge >= 0.3 is 0 Å². The summed E-state index contributed by atoms with van der Waals surface area (Å²) >= 11 is 6.02. The molecule has 0 spiro atoms. The molecule has 1 nitrogen and oxygen atoms in total. The summed E-state index contributed by atoms with van der Waals surface area (Å²) in [7, 11) is 0. The number of hydrogen-bond donors (Lipinski definition) is 1. The van der Waals surface area contributed by atoms with Gasteiger partial charge in [0.15, 0.2) is 0 Å². The van der Waals surface area contributed by atoms with E-state index in [2.05, 4.69) is 72.0 Å². The van der Waals surface area contributed by atoms with E-state index < -0.39 is 0 Å². The lowest BCUT2D eigenvalue weighted by molar-refractivity contribution is 1.52. The molecule has 4 aromatic rings. The van der Waals surface area contributed by atoms with Crippen LogP contribution in [0.1, 0.15) is 0 Å². The molecule has 0 aromatic heterocycles. The lowest BCUT2D eigenvalue weighted by atomic mass is 9.93. The topological polar surface area (TPSA) is 12.0 Å². The average molecular weight is 356 g/mol. The zero-order valence-electron chi connectivity index (χ0n) is 14.2. The molecule has 26 heavy (non-hydrogen) atoms. The predicted molar refractivity (Wildman–Crippen MR) is 112 cm³/mol. The molecule has 2 heteroatoms. The van der Waals surface area contributed by atoms with E-state index in [1.807, 2.05) is 36.4 Å². The van der Waals surface area contributed by atoms with Crippen LogP contribution >= 0.6 is 11.6 Å². The van der Waals surface area contributed by atoms with E-state index in [4.69, 9.17) is 11.6 Å². The highest BCUT2D eigenvalue weighted by atomic mass is 35.5. The second kappa shape index (κ2) is 7.47. The van der Waals surface area contributed by atoms with Crippen molar-refractivity contribution in [1.82, 2.24) is 0 Å². The maximum absolute atomic E-state index is 6.02. The van der Waals surface area contributed by atoms with E-state index in [1.165, 1.54) is 22.3 Å². The first kappa shape index (κ1) is 16.4. The van der Waals surface area contributed by atoms with Crippen molar-refractivity contribution in [1.29, 1.82) is 0 Å². The van der Waals surface area contributed by atoms with Gasteiger partial charge in [0.1, 0.15) is 0 Å². The number of hydrogen-bond acceptors (Lipinski definition) is 1. The van der Waals surface area contributed by atoms with Crippen LogP contribution in [0.15, 0.2) is 103 Å². The minimum Gasteiger partial charge on any atom is -0.355 e. The SMILES string of the molecule is Clc1ccc(Nc2cccc(-c3ccccc3)c2-c2ccccc2)cc1. The summed E-state index contributed by atoms with van der Waals surface area (Å²) in [6.07, 6.45) is 0. The fraction of sp³-hybridized carbons (Fsp3) is 0. The molecule has 0 heterocycles. The van der Waals surface area contributed by atoms with E-state index in [0.717, 1.165) is 16.4 Å². The minimum atomic E-state index is 0.733. The van der Waals surface area contributed by atoms with Crippen LogP contribution in [0.5, 0.6) is 0 Å². The summed E-state index contributed by atoms with van der Waals surface area (Å²) in [5, 5.41) is 4.28. The van der Waals surface area contributed by atoms with Gasteiger partial charge in [0.05, 0.1) is 0 Å². The highest BCUT2D eigenvalue weighted by Gasteiger charge is 2.12. The van der Waals surface area contributed by atoms with Gasteiger partial charge < -0.3 is 5.32 Å².